The van der Waals surface area contributed by atoms with E-state index >= 15 is 0 Å². The fraction of sp³-hybridized carbons (Fsp3) is 0. The molecule has 52 heavy (non-hydrogen) atoms. The van der Waals surface area contributed by atoms with Gasteiger partial charge in [0.05, 0.1) is 0 Å². The van der Waals surface area contributed by atoms with Crippen LogP contribution in [0.3, 0.4) is 0 Å². The summed E-state index contributed by atoms with van der Waals surface area (Å²) in [6.45, 7) is 0. The number of hydrogen-bond donors (Lipinski definition) is 0. The summed E-state index contributed by atoms with van der Waals surface area (Å²) in [5, 5.41) is 11.3. The maximum absolute atomic E-state index is 2.43. The van der Waals surface area contributed by atoms with E-state index in [4.69, 9.17) is 0 Å². The van der Waals surface area contributed by atoms with E-state index in [1.54, 1.807) is 0 Å². The van der Waals surface area contributed by atoms with E-state index in [0.717, 1.165) is 0 Å². The summed E-state index contributed by atoms with van der Waals surface area (Å²) in [5.41, 5.74) is 31.0. The Morgan fingerprint density at radius 1 is 0.192 bits per heavy atom. The van der Waals surface area contributed by atoms with Gasteiger partial charge in [-0.25, -0.2) is 0 Å². The molecule has 7 aromatic rings. The first-order valence-electron chi connectivity index (χ1n) is 19.3. The van der Waals surface area contributed by atoms with Crippen LogP contribution in [0.25, 0.3) is 65.3 Å². The highest BCUT2D eigenvalue weighted by Gasteiger charge is 2.28. The van der Waals surface area contributed by atoms with Crippen molar-refractivity contribution in [3.63, 3.8) is 0 Å². The van der Waals surface area contributed by atoms with Gasteiger partial charge in [-0.05, 0) is 65.3 Å². The quantitative estimate of drug-likeness (QED) is 0.0999. The fourth-order valence-electron chi connectivity index (χ4n) is 10.3. The topological polar surface area (TPSA) is 0 Å². The lowest BCUT2D eigenvalue weighted by Gasteiger charge is -2.30. The van der Waals surface area contributed by atoms with E-state index in [-0.39, 0.29) is 0 Å². The van der Waals surface area contributed by atoms with Crippen molar-refractivity contribution in [1.29, 1.82) is 0 Å². The molecular weight excluding hydrogens is 603 g/mol. The lowest BCUT2D eigenvalue weighted by molar-refractivity contribution is 1.77. The minimum absolute atomic E-state index is 1.35. The summed E-state index contributed by atoms with van der Waals surface area (Å²) in [7, 11) is 42.4. The van der Waals surface area contributed by atoms with Crippen molar-refractivity contribution in [2.75, 3.05) is 0 Å². The van der Waals surface area contributed by atoms with Gasteiger partial charge in [-0.3, -0.25) is 0 Å². The molecular formula is C34H40B18. The third-order valence-corrected chi connectivity index (χ3v) is 14.7. The number of benzene rings is 7. The van der Waals surface area contributed by atoms with Crippen molar-refractivity contribution in [3.05, 3.63) is 24.3 Å². The second kappa shape index (κ2) is 12.7. The Morgan fingerprint density at radius 3 is 0.827 bits per heavy atom. The fourth-order valence-corrected chi connectivity index (χ4v) is 10.3. The summed E-state index contributed by atoms with van der Waals surface area (Å²) in [6.07, 6.45) is 0. The van der Waals surface area contributed by atoms with Crippen molar-refractivity contribution in [1.82, 2.24) is 0 Å². The van der Waals surface area contributed by atoms with Gasteiger partial charge in [0, 0.05) is 0 Å². The van der Waals surface area contributed by atoms with Crippen LogP contribution in [0, 0.1) is 0 Å². The summed E-state index contributed by atoms with van der Waals surface area (Å²) < 4.78 is 0. The molecule has 0 fully saturated rings. The highest BCUT2D eigenvalue weighted by Crippen LogP contribution is 2.40. The minimum Gasteiger partial charge on any atom is -0.102 e. The van der Waals surface area contributed by atoms with Gasteiger partial charge in [-0.1, -0.05) is 84.4 Å². The monoisotopic (exact) mass is 646 g/mol. The number of fused-ring (bicyclic) bond motifs is 5. The highest BCUT2D eigenvalue weighted by molar-refractivity contribution is 6.75. The van der Waals surface area contributed by atoms with E-state index in [2.05, 4.69) is 165 Å². The third kappa shape index (κ3) is 4.74. The summed E-state index contributed by atoms with van der Waals surface area (Å²) >= 11 is 0. The molecule has 0 aromatic heterocycles. The molecule has 0 aliphatic rings. The van der Waals surface area contributed by atoms with Crippen molar-refractivity contribution < 1.29 is 0 Å². The molecule has 0 unspecified atom stereocenters. The lowest BCUT2D eigenvalue weighted by atomic mass is 9.57. The Labute approximate surface area is 327 Å². The zero-order chi connectivity index (χ0) is 38.1. The predicted octanol–water partition coefficient (Wildman–Crippen LogP) is -21.7. The summed E-state index contributed by atoms with van der Waals surface area (Å²) in [6, 6.07) is 9.33. The highest BCUT2D eigenvalue weighted by atomic mass is 14.3. The zero-order valence-electron chi connectivity index (χ0n) is 35.3. The Balaban J connectivity index is 1.85. The van der Waals surface area contributed by atoms with Gasteiger partial charge in [0.2, 0.25) is 0 Å². The van der Waals surface area contributed by atoms with Gasteiger partial charge >= 0.3 is 0 Å². The van der Waals surface area contributed by atoms with Crippen LogP contribution in [0.1, 0.15) is 0 Å². The van der Waals surface area contributed by atoms with Crippen LogP contribution < -0.4 is 98.3 Å². The van der Waals surface area contributed by atoms with Crippen molar-refractivity contribution >= 4 is 283 Å². The molecule has 230 valence electrons. The van der Waals surface area contributed by atoms with Gasteiger partial charge < -0.3 is 0 Å². The van der Waals surface area contributed by atoms with Crippen molar-refractivity contribution in [3.8, 4) is 22.3 Å². The molecule has 7 aromatic carbocycles. The second-order valence-electron chi connectivity index (χ2n) is 16.5. The molecule has 0 saturated carbocycles. The summed E-state index contributed by atoms with van der Waals surface area (Å²) in [5.74, 6) is 0. The zero-order valence-corrected chi connectivity index (χ0v) is 35.3. The van der Waals surface area contributed by atoms with Gasteiger partial charge in [-0.2, -0.15) is 0 Å². The standard InChI is InChI=1S/C34H40B18/c35-17-11-12-16(27(45)31(49)30(48)20(12)38)24(42)23(41)15(11)22(40)21(39)13(17)7-5-3-1-2-4-6(5)8(10-9(7)18(36)28(46)29(47)19(10)37)14-25(43)32(50)34(52)33(51)26(14)44/h1-4H,35-52H2. The van der Waals surface area contributed by atoms with Crippen LogP contribution in [-0.4, -0.2) is 141 Å². The Bertz CT molecular complexity index is 2800. The molecule has 0 aliphatic heterocycles. The Hall–Kier alpha value is -3.25. The predicted molar refractivity (Wildman–Crippen MR) is 295 cm³/mol. The second-order valence-corrected chi connectivity index (χ2v) is 16.5. The molecule has 0 spiro atoms. The molecule has 7 rings (SSSR count). The number of hydrogen-bond acceptors (Lipinski definition) is 0. The molecule has 0 bridgehead atoms. The summed E-state index contributed by atoms with van der Waals surface area (Å²) in [4.78, 5) is 0. The molecule has 0 N–H and O–H groups in total. The molecule has 0 radical (unpaired) electrons. The SMILES string of the molecule is Bc1c(B)c(B)c(-c2c3ccccc3c(-c3c(B)c(B)c4c(B)c(B)c5c(B)c(B)c(B)c(B)c5c4c3B)c3c(B)c(B)c(B)c(B)c23)c(B)c1B. The van der Waals surface area contributed by atoms with Crippen LogP contribution in [0.5, 0.6) is 0 Å². The lowest BCUT2D eigenvalue weighted by Crippen LogP contribution is -2.55. The van der Waals surface area contributed by atoms with E-state index in [1.807, 2.05) is 0 Å². The third-order valence-electron chi connectivity index (χ3n) is 14.7. The molecule has 0 nitrogen and oxygen atoms in total. The van der Waals surface area contributed by atoms with Gasteiger partial charge in [0.1, 0.15) is 141 Å². The molecule has 0 saturated heterocycles. The maximum atomic E-state index is 2.43. The van der Waals surface area contributed by atoms with Crippen molar-refractivity contribution in [2.24, 2.45) is 0 Å². The van der Waals surface area contributed by atoms with Crippen LogP contribution >= 0.6 is 0 Å². The van der Waals surface area contributed by atoms with E-state index in [1.165, 1.54) is 164 Å². The van der Waals surface area contributed by atoms with Crippen LogP contribution in [0.2, 0.25) is 0 Å². The largest absolute Gasteiger partial charge is 0.140 e. The van der Waals surface area contributed by atoms with E-state index < -0.39 is 0 Å². The first-order chi connectivity index (χ1) is 24.4. The van der Waals surface area contributed by atoms with Crippen LogP contribution in [-0.2, 0) is 0 Å². The molecule has 0 amide bonds. The average molecular weight is 643 g/mol. The van der Waals surface area contributed by atoms with Gasteiger partial charge in [-0.15, -0.1) is 38.2 Å². The smallest absolute Gasteiger partial charge is 0.102 e. The van der Waals surface area contributed by atoms with Crippen LogP contribution in [0.15, 0.2) is 24.3 Å². The molecule has 0 heterocycles. The Kier molecular flexibility index (Phi) is 9.04. The van der Waals surface area contributed by atoms with Crippen molar-refractivity contribution in [2.45, 2.75) is 0 Å². The first-order valence-corrected chi connectivity index (χ1v) is 19.3. The van der Waals surface area contributed by atoms with E-state index in [0.29, 0.717) is 0 Å². The normalized spacial score (nSPS) is 11.7. The molecule has 0 atom stereocenters. The molecule has 18 heteroatoms. The average Bonchev–Trinajstić information content (AvgIpc) is 3.13. The number of rotatable bonds is 2. The van der Waals surface area contributed by atoms with Gasteiger partial charge in [0.25, 0.3) is 0 Å². The van der Waals surface area contributed by atoms with Gasteiger partial charge in [0.15, 0.2) is 0 Å². The van der Waals surface area contributed by atoms with Crippen LogP contribution in [0.4, 0.5) is 0 Å². The molecule has 0 aliphatic carbocycles. The first kappa shape index (κ1) is 37.1. The van der Waals surface area contributed by atoms with E-state index in [9.17, 15) is 0 Å². The Morgan fingerprint density at radius 2 is 0.423 bits per heavy atom. The minimum atomic E-state index is 1.35. The maximum Gasteiger partial charge on any atom is 0.140 e.